The van der Waals surface area contributed by atoms with Crippen LogP contribution in [0.15, 0.2) is 0 Å². The van der Waals surface area contributed by atoms with Gasteiger partial charge in [-0.1, -0.05) is 67.1 Å². The van der Waals surface area contributed by atoms with Crippen LogP contribution in [0.3, 0.4) is 0 Å². The molecule has 0 aromatic heterocycles. The largest absolute Gasteiger partial charge is 0.405 e. The Hall–Kier alpha value is -0.486. The average Bonchev–Trinajstić information content (AvgIpc) is 2.24. The molecule has 1 nitrogen and oxygen atoms in total. The van der Waals surface area contributed by atoms with Crippen molar-refractivity contribution in [3.63, 3.8) is 0 Å². The lowest BCUT2D eigenvalue weighted by Gasteiger charge is -2.41. The summed E-state index contributed by atoms with van der Waals surface area (Å²) in [6, 6.07) is 0. The summed E-state index contributed by atoms with van der Waals surface area (Å²) in [6.45, 7) is 21.0. The molecule has 0 fully saturated rings. The molecule has 0 unspecified atom stereocenters. The lowest BCUT2D eigenvalue weighted by molar-refractivity contribution is 0.322. The molecule has 0 aliphatic carbocycles. The van der Waals surface area contributed by atoms with Crippen molar-refractivity contribution >= 4 is 16.4 Å². The number of rotatable bonds is 5. The first-order valence-corrected chi connectivity index (χ1v) is 13.3. The van der Waals surface area contributed by atoms with Gasteiger partial charge in [-0.25, -0.2) is 0 Å². The molecule has 114 valence electrons. The fourth-order valence-electron chi connectivity index (χ4n) is 2.96. The highest BCUT2D eigenvalue weighted by molar-refractivity contribution is 6.83. The van der Waals surface area contributed by atoms with Crippen molar-refractivity contribution in [1.29, 1.82) is 0 Å². The van der Waals surface area contributed by atoms with Crippen LogP contribution >= 0.6 is 0 Å². The molecule has 0 aromatic carbocycles. The molecule has 0 radical (unpaired) electrons. The van der Waals surface area contributed by atoms with Gasteiger partial charge in [0.05, 0.1) is 6.61 Å². The zero-order valence-electron chi connectivity index (χ0n) is 14.8. The van der Waals surface area contributed by atoms with E-state index in [1.54, 1.807) is 0 Å². The summed E-state index contributed by atoms with van der Waals surface area (Å²) < 4.78 is 6.36. The zero-order valence-corrected chi connectivity index (χ0v) is 16.8. The Morgan fingerprint density at radius 3 is 1.60 bits per heavy atom. The summed E-state index contributed by atoms with van der Waals surface area (Å²) >= 11 is 0. The van der Waals surface area contributed by atoms with Gasteiger partial charge in [0.25, 0.3) is 0 Å². The predicted octanol–water partition coefficient (Wildman–Crippen LogP) is 5.06. The first-order valence-electron chi connectivity index (χ1n) is 7.68. The highest BCUT2D eigenvalue weighted by Crippen LogP contribution is 2.41. The summed E-state index contributed by atoms with van der Waals surface area (Å²) in [6.07, 6.45) is 0. The first-order chi connectivity index (χ1) is 9.04. The van der Waals surface area contributed by atoms with Gasteiger partial charge in [0.15, 0.2) is 0 Å². The Morgan fingerprint density at radius 2 is 1.25 bits per heavy atom. The van der Waals surface area contributed by atoms with Gasteiger partial charge in [-0.3, -0.25) is 0 Å². The molecule has 20 heavy (non-hydrogen) atoms. The van der Waals surface area contributed by atoms with E-state index < -0.39 is 16.4 Å². The molecule has 0 aliphatic heterocycles. The van der Waals surface area contributed by atoms with E-state index in [-0.39, 0.29) is 0 Å². The minimum absolute atomic E-state index is 0.529. The van der Waals surface area contributed by atoms with Crippen molar-refractivity contribution in [2.75, 3.05) is 6.61 Å². The Balaban J connectivity index is 4.81. The molecule has 0 saturated carbocycles. The summed E-state index contributed by atoms with van der Waals surface area (Å²) in [5, 5.41) is 0. The lowest BCUT2D eigenvalue weighted by Crippen LogP contribution is -2.47. The Morgan fingerprint density at radius 1 is 0.800 bits per heavy atom. The Bertz CT molecular complexity index is 386. The maximum Gasteiger partial charge on any atom is 0.201 e. The van der Waals surface area contributed by atoms with E-state index >= 15 is 0 Å². The van der Waals surface area contributed by atoms with E-state index in [9.17, 15) is 0 Å². The second kappa shape index (κ2) is 8.08. The van der Waals surface area contributed by atoms with Crippen molar-refractivity contribution in [2.45, 2.75) is 77.8 Å². The molecular weight excluding hydrogens is 276 g/mol. The highest BCUT2D eigenvalue weighted by atomic mass is 28.4. The van der Waals surface area contributed by atoms with Crippen molar-refractivity contribution < 1.29 is 4.43 Å². The molecule has 0 amide bonds. The van der Waals surface area contributed by atoms with Crippen LogP contribution in [0.2, 0.25) is 36.3 Å². The summed E-state index contributed by atoms with van der Waals surface area (Å²) in [7, 11) is -3.07. The van der Waals surface area contributed by atoms with E-state index in [1.807, 2.05) is 0 Å². The maximum atomic E-state index is 6.36. The normalized spacial score (nSPS) is 12.2. The fraction of sp³-hybridized carbons (Fsp3) is 0.765. The average molecular weight is 309 g/mol. The molecule has 0 N–H and O–H groups in total. The second-order valence-electron chi connectivity index (χ2n) is 7.41. The third-order valence-corrected chi connectivity index (χ3v) is 10.6. The van der Waals surface area contributed by atoms with Gasteiger partial charge in [-0.2, -0.15) is 0 Å². The van der Waals surface area contributed by atoms with E-state index in [1.165, 1.54) is 0 Å². The highest BCUT2D eigenvalue weighted by Gasteiger charge is 2.44. The van der Waals surface area contributed by atoms with Crippen molar-refractivity contribution in [3.8, 4) is 23.3 Å². The predicted molar refractivity (Wildman–Crippen MR) is 95.9 cm³/mol. The third kappa shape index (κ3) is 5.87. The molecule has 0 heterocycles. The van der Waals surface area contributed by atoms with Crippen LogP contribution in [-0.4, -0.2) is 23.0 Å². The fourth-order valence-corrected chi connectivity index (χ4v) is 8.72. The monoisotopic (exact) mass is 308 g/mol. The molecule has 3 heteroatoms. The SMILES string of the molecule is CC(C)[Si](OCC#CC#C[Si](C)(C)C)(C(C)C)C(C)C. The van der Waals surface area contributed by atoms with Crippen LogP contribution in [0.5, 0.6) is 0 Å². The van der Waals surface area contributed by atoms with Gasteiger partial charge in [0.2, 0.25) is 8.32 Å². The molecule has 0 aliphatic rings. The van der Waals surface area contributed by atoms with Gasteiger partial charge in [0.1, 0.15) is 8.07 Å². The quantitative estimate of drug-likeness (QED) is 0.509. The van der Waals surface area contributed by atoms with E-state index in [0.29, 0.717) is 23.2 Å². The van der Waals surface area contributed by atoms with E-state index in [4.69, 9.17) is 4.43 Å². The number of hydrogen-bond acceptors (Lipinski definition) is 1. The van der Waals surface area contributed by atoms with Crippen LogP contribution in [0.1, 0.15) is 41.5 Å². The minimum Gasteiger partial charge on any atom is -0.405 e. The summed E-state index contributed by atoms with van der Waals surface area (Å²) in [4.78, 5) is 0. The minimum atomic E-state index is -1.77. The van der Waals surface area contributed by atoms with Crippen LogP contribution < -0.4 is 0 Å². The second-order valence-corrected chi connectivity index (χ2v) is 17.6. The zero-order chi connectivity index (χ0) is 16.0. The van der Waals surface area contributed by atoms with E-state index in [2.05, 4.69) is 84.5 Å². The Labute approximate surface area is 129 Å². The smallest absolute Gasteiger partial charge is 0.201 e. The topological polar surface area (TPSA) is 9.23 Å². The van der Waals surface area contributed by atoms with Gasteiger partial charge >= 0.3 is 0 Å². The summed E-state index contributed by atoms with van der Waals surface area (Å²) in [5.74, 6) is 9.03. The molecule has 0 saturated heterocycles. The van der Waals surface area contributed by atoms with Crippen molar-refractivity contribution in [3.05, 3.63) is 0 Å². The molecule has 0 spiro atoms. The maximum absolute atomic E-state index is 6.36. The molecule has 0 bridgehead atoms. The van der Waals surface area contributed by atoms with Crippen molar-refractivity contribution in [1.82, 2.24) is 0 Å². The van der Waals surface area contributed by atoms with Gasteiger partial charge in [0, 0.05) is 0 Å². The summed E-state index contributed by atoms with van der Waals surface area (Å²) in [5.41, 5.74) is 5.08. The van der Waals surface area contributed by atoms with Crippen LogP contribution in [0.25, 0.3) is 0 Å². The standard InChI is InChI=1S/C17H32OSi2/c1-15(2)20(16(3)4,17(5)6)18-13-11-10-12-14-19(7,8)9/h15-17H,13H2,1-9H3. The van der Waals surface area contributed by atoms with Crippen LogP contribution in [0, 0.1) is 23.3 Å². The molecule has 0 aromatic rings. The first kappa shape index (κ1) is 19.5. The molecule has 0 rings (SSSR count). The van der Waals surface area contributed by atoms with Gasteiger partial charge < -0.3 is 4.43 Å². The van der Waals surface area contributed by atoms with Gasteiger partial charge in [-0.05, 0) is 28.5 Å². The molecule has 0 atom stereocenters. The Kier molecular flexibility index (Phi) is 7.88. The van der Waals surface area contributed by atoms with E-state index in [0.717, 1.165) is 0 Å². The van der Waals surface area contributed by atoms with Gasteiger partial charge in [-0.15, -0.1) is 5.54 Å². The number of hydrogen-bond donors (Lipinski definition) is 0. The lowest BCUT2D eigenvalue weighted by atomic mass is 10.5. The molecular formula is C17H32OSi2. The van der Waals surface area contributed by atoms with Crippen LogP contribution in [0.4, 0.5) is 0 Å². The third-order valence-electron chi connectivity index (χ3n) is 3.69. The van der Waals surface area contributed by atoms with Crippen LogP contribution in [-0.2, 0) is 4.43 Å². The van der Waals surface area contributed by atoms with Crippen molar-refractivity contribution in [2.24, 2.45) is 0 Å².